The Morgan fingerprint density at radius 3 is 2.58 bits per heavy atom. The van der Waals surface area contributed by atoms with Gasteiger partial charge in [-0.15, -0.1) is 0 Å². The van der Waals surface area contributed by atoms with Crippen LogP contribution in [0, 0.1) is 12.7 Å². The molecule has 19 heavy (non-hydrogen) atoms. The Bertz CT molecular complexity index is 653. The van der Waals surface area contributed by atoms with E-state index in [1.54, 1.807) is 38.6 Å². The molecule has 2 aromatic rings. The Morgan fingerprint density at radius 2 is 2.00 bits per heavy atom. The molecule has 0 spiro atoms. The molecule has 2 rings (SSSR count). The van der Waals surface area contributed by atoms with E-state index in [2.05, 4.69) is 0 Å². The van der Waals surface area contributed by atoms with Gasteiger partial charge in [-0.2, -0.15) is 0 Å². The van der Waals surface area contributed by atoms with E-state index in [0.29, 0.717) is 21.6 Å². The molecule has 5 heteroatoms. The number of pyridine rings is 1. The lowest BCUT2D eigenvalue weighted by Gasteiger charge is -2.10. The Balaban J connectivity index is 2.64. The van der Waals surface area contributed by atoms with Crippen LogP contribution in [-0.4, -0.2) is 15.4 Å². The van der Waals surface area contributed by atoms with Gasteiger partial charge in [0.1, 0.15) is 12.1 Å². The normalized spacial score (nSPS) is 12.5. The minimum Gasteiger partial charge on any atom is -0.612 e. The van der Waals surface area contributed by atoms with Crippen LogP contribution in [0.5, 0.6) is 0 Å². The van der Waals surface area contributed by atoms with E-state index in [0.717, 1.165) is 0 Å². The first-order valence-electron chi connectivity index (χ1n) is 5.71. The molecule has 1 heterocycles. The maximum atomic E-state index is 13.9. The molecule has 0 aliphatic heterocycles. The Labute approximate surface area is 113 Å². The molecule has 0 saturated heterocycles. The van der Waals surface area contributed by atoms with Gasteiger partial charge < -0.3 is 9.12 Å². The molecule has 0 aliphatic rings. The third-order valence-corrected chi connectivity index (χ3v) is 3.86. The van der Waals surface area contributed by atoms with Crippen LogP contribution in [0.25, 0.3) is 11.1 Å². The second-order valence-electron chi connectivity index (χ2n) is 4.42. The predicted molar refractivity (Wildman–Crippen MR) is 74.1 cm³/mol. The fourth-order valence-electron chi connectivity index (χ4n) is 1.93. The van der Waals surface area contributed by atoms with Crippen LogP contribution < -0.4 is 5.56 Å². The molecule has 0 radical (unpaired) electrons. The van der Waals surface area contributed by atoms with Gasteiger partial charge in [-0.3, -0.25) is 4.79 Å². The first-order chi connectivity index (χ1) is 8.90. The molecule has 100 valence electrons. The van der Waals surface area contributed by atoms with Gasteiger partial charge in [-0.25, -0.2) is 4.39 Å². The fourth-order valence-corrected chi connectivity index (χ4v) is 2.47. The van der Waals surface area contributed by atoms with Gasteiger partial charge in [0, 0.05) is 36.0 Å². The first-order valence-corrected chi connectivity index (χ1v) is 7.26. The third kappa shape index (κ3) is 2.72. The number of hydrogen-bond acceptors (Lipinski definition) is 2. The van der Waals surface area contributed by atoms with Crippen LogP contribution >= 0.6 is 0 Å². The van der Waals surface area contributed by atoms with Crippen LogP contribution in [0.2, 0.25) is 0 Å². The number of nitrogens with zero attached hydrogens (tertiary/aromatic N) is 1. The van der Waals surface area contributed by atoms with Crippen LogP contribution in [0.3, 0.4) is 0 Å². The van der Waals surface area contributed by atoms with Crippen molar-refractivity contribution in [3.8, 4) is 11.1 Å². The van der Waals surface area contributed by atoms with Crippen LogP contribution in [-0.2, 0) is 18.2 Å². The van der Waals surface area contributed by atoms with Crippen LogP contribution in [0.15, 0.2) is 40.2 Å². The molecule has 0 N–H and O–H groups in total. The van der Waals surface area contributed by atoms with Gasteiger partial charge in [0.25, 0.3) is 5.56 Å². The Hall–Kier alpha value is -1.59. The van der Waals surface area contributed by atoms with Gasteiger partial charge in [-0.05, 0) is 36.3 Å². The second kappa shape index (κ2) is 5.19. The van der Waals surface area contributed by atoms with E-state index in [1.165, 1.54) is 16.7 Å². The molecule has 1 aromatic carbocycles. The Morgan fingerprint density at radius 1 is 1.32 bits per heavy atom. The maximum Gasteiger partial charge on any atom is 0.253 e. The second-order valence-corrected chi connectivity index (χ2v) is 5.80. The molecular weight excluding hydrogens is 265 g/mol. The molecule has 3 nitrogen and oxygen atoms in total. The topological polar surface area (TPSA) is 45.1 Å². The molecule has 0 fully saturated rings. The van der Waals surface area contributed by atoms with Crippen molar-refractivity contribution in [1.29, 1.82) is 0 Å². The highest BCUT2D eigenvalue weighted by Gasteiger charge is 2.12. The van der Waals surface area contributed by atoms with Crippen LogP contribution in [0.4, 0.5) is 4.39 Å². The maximum absolute atomic E-state index is 13.9. The highest BCUT2D eigenvalue weighted by atomic mass is 32.2. The molecule has 0 amide bonds. The molecule has 1 aromatic heterocycles. The van der Waals surface area contributed by atoms with Crippen molar-refractivity contribution in [2.75, 3.05) is 6.26 Å². The highest BCUT2D eigenvalue weighted by molar-refractivity contribution is 7.90. The standard InChI is InChI=1S/C14H14FNO2S/c1-9-6-10(8-16(2)14(9)17)12-7-11(19(3)18)4-5-13(12)15/h4-8H,1-3H3. The number of halogens is 1. The highest BCUT2D eigenvalue weighted by Crippen LogP contribution is 2.25. The molecule has 0 aliphatic carbocycles. The van der Waals surface area contributed by atoms with Gasteiger partial charge in [0.15, 0.2) is 4.90 Å². The van der Waals surface area contributed by atoms with Crippen molar-refractivity contribution < 1.29 is 8.94 Å². The lowest BCUT2D eigenvalue weighted by molar-refractivity contribution is 0.599. The van der Waals surface area contributed by atoms with E-state index in [4.69, 9.17) is 0 Å². The summed E-state index contributed by atoms with van der Waals surface area (Å²) < 4.78 is 26.8. The number of hydrogen-bond donors (Lipinski definition) is 0. The van der Waals surface area contributed by atoms with Gasteiger partial charge in [0.2, 0.25) is 0 Å². The van der Waals surface area contributed by atoms with Gasteiger partial charge in [0.05, 0.1) is 0 Å². The summed E-state index contributed by atoms with van der Waals surface area (Å²) in [7, 11) is 1.62. The first kappa shape index (κ1) is 13.8. The van der Waals surface area contributed by atoms with Crippen molar-refractivity contribution in [3.63, 3.8) is 0 Å². The van der Waals surface area contributed by atoms with Crippen molar-refractivity contribution in [2.24, 2.45) is 7.05 Å². The summed E-state index contributed by atoms with van der Waals surface area (Å²) in [6.07, 6.45) is 3.12. The molecule has 1 atom stereocenters. The summed E-state index contributed by atoms with van der Waals surface area (Å²) in [5.74, 6) is -0.396. The van der Waals surface area contributed by atoms with E-state index in [9.17, 15) is 13.7 Å². The number of aromatic nitrogens is 1. The summed E-state index contributed by atoms with van der Waals surface area (Å²) in [5.41, 5.74) is 1.39. The van der Waals surface area contributed by atoms with Gasteiger partial charge in [-0.1, -0.05) is 0 Å². The number of benzene rings is 1. The van der Waals surface area contributed by atoms with E-state index in [1.807, 2.05) is 0 Å². The van der Waals surface area contributed by atoms with Crippen molar-refractivity contribution >= 4 is 11.2 Å². The van der Waals surface area contributed by atoms with Crippen molar-refractivity contribution in [1.82, 2.24) is 4.57 Å². The predicted octanol–water partition coefficient (Wildman–Crippen LogP) is 2.24. The summed E-state index contributed by atoms with van der Waals surface area (Å²) in [6, 6.07) is 6.00. The number of aryl methyl sites for hydroxylation is 2. The fraction of sp³-hybridized carbons (Fsp3) is 0.214. The minimum absolute atomic E-state index is 0.112. The summed E-state index contributed by atoms with van der Waals surface area (Å²) in [4.78, 5) is 12.2. The summed E-state index contributed by atoms with van der Waals surface area (Å²) >= 11 is -1.17. The van der Waals surface area contributed by atoms with Crippen molar-refractivity contribution in [2.45, 2.75) is 11.8 Å². The monoisotopic (exact) mass is 279 g/mol. The van der Waals surface area contributed by atoms with E-state index >= 15 is 0 Å². The molecular formula is C14H14FNO2S. The van der Waals surface area contributed by atoms with E-state index < -0.39 is 17.0 Å². The molecule has 0 bridgehead atoms. The average molecular weight is 279 g/mol. The quantitative estimate of drug-likeness (QED) is 0.791. The zero-order valence-electron chi connectivity index (χ0n) is 10.9. The SMILES string of the molecule is Cc1cc(-c2cc([S+](C)[O-])ccc2F)cn(C)c1=O. The lowest BCUT2D eigenvalue weighted by Crippen LogP contribution is -2.18. The number of rotatable bonds is 2. The lowest BCUT2D eigenvalue weighted by atomic mass is 10.1. The van der Waals surface area contributed by atoms with Crippen molar-refractivity contribution in [3.05, 3.63) is 52.2 Å². The Kier molecular flexibility index (Phi) is 3.78. The molecule has 0 saturated carbocycles. The largest absolute Gasteiger partial charge is 0.612 e. The summed E-state index contributed by atoms with van der Waals surface area (Å²) in [6.45, 7) is 1.69. The summed E-state index contributed by atoms with van der Waals surface area (Å²) in [5, 5.41) is 0. The zero-order chi connectivity index (χ0) is 14.2. The molecule has 1 unspecified atom stereocenters. The van der Waals surface area contributed by atoms with Gasteiger partial charge >= 0.3 is 0 Å². The average Bonchev–Trinajstić information content (AvgIpc) is 2.35. The van der Waals surface area contributed by atoms with Crippen LogP contribution in [0.1, 0.15) is 5.56 Å². The zero-order valence-corrected chi connectivity index (χ0v) is 11.8. The van der Waals surface area contributed by atoms with E-state index in [-0.39, 0.29) is 5.56 Å². The third-order valence-electron chi connectivity index (χ3n) is 2.94. The minimum atomic E-state index is -1.17. The smallest absolute Gasteiger partial charge is 0.253 e.